The van der Waals surface area contributed by atoms with E-state index in [-0.39, 0.29) is 0 Å². The van der Waals surface area contributed by atoms with E-state index in [1.807, 2.05) is 30.9 Å². The summed E-state index contributed by atoms with van der Waals surface area (Å²) in [4.78, 5) is 9.05. The monoisotopic (exact) mass is 404 g/mol. The lowest BCUT2D eigenvalue weighted by Gasteiger charge is -2.12. The van der Waals surface area contributed by atoms with Gasteiger partial charge in [0.1, 0.15) is 5.75 Å². The molecule has 2 aromatic carbocycles. The van der Waals surface area contributed by atoms with Crippen molar-refractivity contribution in [1.29, 1.82) is 0 Å². The van der Waals surface area contributed by atoms with Crippen molar-refractivity contribution in [2.45, 2.75) is 27.7 Å². The summed E-state index contributed by atoms with van der Waals surface area (Å²) in [5, 5.41) is 6.41. The fourth-order valence-electron chi connectivity index (χ4n) is 3.18. The van der Waals surface area contributed by atoms with Crippen molar-refractivity contribution in [3.63, 3.8) is 0 Å². The Bertz CT molecular complexity index is 1130. The van der Waals surface area contributed by atoms with Crippen molar-refractivity contribution in [2.24, 2.45) is 0 Å². The molecule has 0 aliphatic carbocycles. The molecule has 2 heterocycles. The molecule has 0 bridgehead atoms. The second kappa shape index (κ2) is 8.09. The summed E-state index contributed by atoms with van der Waals surface area (Å²) in [6, 6.07) is 12.5. The predicted octanol–water partition coefficient (Wildman–Crippen LogP) is 6.06. The van der Waals surface area contributed by atoms with E-state index in [9.17, 15) is 0 Å². The molecule has 5 nitrogen and oxygen atoms in total. The van der Waals surface area contributed by atoms with Crippen molar-refractivity contribution >= 4 is 22.2 Å². The number of benzene rings is 2. The Morgan fingerprint density at radius 1 is 1.07 bits per heavy atom. The summed E-state index contributed by atoms with van der Waals surface area (Å²) in [5.41, 5.74) is 7.45. The minimum absolute atomic E-state index is 0.669. The second-order valence-electron chi connectivity index (χ2n) is 7.00. The summed E-state index contributed by atoms with van der Waals surface area (Å²) in [5.74, 6) is 0.934. The van der Waals surface area contributed by atoms with Crippen LogP contribution in [-0.2, 0) is 0 Å². The van der Waals surface area contributed by atoms with Crippen LogP contribution in [0, 0.1) is 20.8 Å². The number of nitrogens with zero attached hydrogens (tertiary/aromatic N) is 3. The van der Waals surface area contributed by atoms with Crippen molar-refractivity contribution in [3.8, 4) is 22.7 Å². The van der Waals surface area contributed by atoms with Gasteiger partial charge < -0.3 is 14.6 Å². The van der Waals surface area contributed by atoms with E-state index in [1.165, 1.54) is 0 Å². The van der Waals surface area contributed by atoms with Gasteiger partial charge in [0.15, 0.2) is 5.13 Å². The normalized spacial score (nSPS) is 10.9. The zero-order valence-electron chi connectivity index (χ0n) is 17.1. The van der Waals surface area contributed by atoms with Gasteiger partial charge in [-0.2, -0.15) is 0 Å². The number of hydrogen-bond acceptors (Lipinski definition) is 5. The van der Waals surface area contributed by atoms with Gasteiger partial charge in [0.2, 0.25) is 0 Å². The lowest BCUT2D eigenvalue weighted by Crippen LogP contribution is -1.98. The summed E-state index contributed by atoms with van der Waals surface area (Å²) in [6.07, 6.45) is 3.84. The van der Waals surface area contributed by atoms with Crippen LogP contribution in [0.2, 0.25) is 0 Å². The molecule has 4 rings (SSSR count). The average molecular weight is 405 g/mol. The molecule has 2 aromatic heterocycles. The first-order valence-corrected chi connectivity index (χ1v) is 10.5. The molecular formula is C23H24N4OS. The summed E-state index contributed by atoms with van der Waals surface area (Å²) >= 11 is 1.60. The van der Waals surface area contributed by atoms with E-state index in [2.05, 4.69) is 65.9 Å². The van der Waals surface area contributed by atoms with Crippen molar-refractivity contribution < 1.29 is 4.74 Å². The number of nitrogens with one attached hydrogen (secondary N) is 1. The zero-order chi connectivity index (χ0) is 20.4. The van der Waals surface area contributed by atoms with Gasteiger partial charge in [-0.3, -0.25) is 0 Å². The lowest BCUT2D eigenvalue weighted by molar-refractivity contribution is 0.338. The molecule has 0 spiro atoms. The highest BCUT2D eigenvalue weighted by Crippen LogP contribution is 2.31. The molecule has 1 N–H and O–H groups in total. The fourth-order valence-corrected chi connectivity index (χ4v) is 3.91. The molecule has 29 heavy (non-hydrogen) atoms. The Balaban J connectivity index is 1.52. The van der Waals surface area contributed by atoms with Gasteiger partial charge in [-0.05, 0) is 63.1 Å². The van der Waals surface area contributed by atoms with Gasteiger partial charge in [0.25, 0.3) is 0 Å². The number of ether oxygens (including phenoxy) is 1. The van der Waals surface area contributed by atoms with Gasteiger partial charge >= 0.3 is 0 Å². The van der Waals surface area contributed by atoms with Gasteiger partial charge in [-0.1, -0.05) is 12.1 Å². The summed E-state index contributed by atoms with van der Waals surface area (Å²) in [6.45, 7) is 8.80. The van der Waals surface area contributed by atoms with Gasteiger partial charge in [-0.15, -0.1) is 11.3 Å². The maximum Gasteiger partial charge on any atom is 0.187 e. The molecule has 0 unspecified atom stereocenters. The lowest BCUT2D eigenvalue weighted by atomic mass is 10.1. The molecule has 148 valence electrons. The largest absolute Gasteiger partial charge is 0.494 e. The van der Waals surface area contributed by atoms with Crippen LogP contribution in [0.25, 0.3) is 16.9 Å². The van der Waals surface area contributed by atoms with Gasteiger partial charge in [0, 0.05) is 28.5 Å². The molecule has 4 aromatic rings. The quantitative estimate of drug-likeness (QED) is 0.424. The standard InChI is InChI=1S/C23H24N4OS/c1-5-28-22-11-15(2)20(10-16(22)3)25-23-26-21(13-29-23)18-6-8-19(9-7-18)27-12-17(4)24-14-27/h6-14H,5H2,1-4H3,(H,25,26). The van der Waals surface area contributed by atoms with Crippen LogP contribution in [0.5, 0.6) is 5.75 Å². The zero-order valence-corrected chi connectivity index (χ0v) is 17.9. The maximum atomic E-state index is 5.68. The van der Waals surface area contributed by atoms with Gasteiger partial charge in [0.05, 0.1) is 24.3 Å². The predicted molar refractivity (Wildman–Crippen MR) is 120 cm³/mol. The molecular weight excluding hydrogens is 380 g/mol. The minimum atomic E-state index is 0.669. The molecule has 0 saturated carbocycles. The Hall–Kier alpha value is -3.12. The number of aryl methyl sites for hydroxylation is 3. The highest BCUT2D eigenvalue weighted by Gasteiger charge is 2.09. The number of rotatable bonds is 6. The first kappa shape index (κ1) is 19.2. The first-order valence-electron chi connectivity index (χ1n) is 9.61. The molecule has 0 saturated heterocycles. The first-order chi connectivity index (χ1) is 14.0. The van der Waals surface area contributed by atoms with Crippen LogP contribution < -0.4 is 10.1 Å². The molecule has 0 atom stereocenters. The highest BCUT2D eigenvalue weighted by atomic mass is 32.1. The third kappa shape index (κ3) is 4.17. The minimum Gasteiger partial charge on any atom is -0.494 e. The molecule has 0 fully saturated rings. The number of aromatic nitrogens is 3. The number of anilines is 2. The molecule has 0 radical (unpaired) electrons. The number of thiazole rings is 1. The Labute approximate surface area is 175 Å². The average Bonchev–Trinajstić information content (AvgIpc) is 3.35. The highest BCUT2D eigenvalue weighted by molar-refractivity contribution is 7.14. The Kier molecular flexibility index (Phi) is 5.36. The van der Waals surface area contributed by atoms with E-state index in [0.29, 0.717) is 6.61 Å². The van der Waals surface area contributed by atoms with E-state index in [4.69, 9.17) is 9.72 Å². The summed E-state index contributed by atoms with van der Waals surface area (Å²) < 4.78 is 7.70. The van der Waals surface area contributed by atoms with Crippen molar-refractivity contribution in [3.05, 3.63) is 71.1 Å². The van der Waals surface area contributed by atoms with Crippen LogP contribution in [-0.4, -0.2) is 21.1 Å². The van der Waals surface area contributed by atoms with Crippen LogP contribution in [0.4, 0.5) is 10.8 Å². The molecule has 6 heteroatoms. The third-order valence-electron chi connectivity index (χ3n) is 4.74. The van der Waals surface area contributed by atoms with Crippen LogP contribution in [0.1, 0.15) is 23.7 Å². The maximum absolute atomic E-state index is 5.68. The Morgan fingerprint density at radius 3 is 2.55 bits per heavy atom. The van der Waals surface area contributed by atoms with E-state index >= 15 is 0 Å². The van der Waals surface area contributed by atoms with Crippen molar-refractivity contribution in [1.82, 2.24) is 14.5 Å². The SMILES string of the molecule is CCOc1cc(C)c(Nc2nc(-c3ccc(-n4cnc(C)c4)cc3)cs2)cc1C. The number of imidazole rings is 1. The van der Waals surface area contributed by atoms with Crippen LogP contribution in [0.15, 0.2) is 54.3 Å². The van der Waals surface area contributed by atoms with E-state index < -0.39 is 0 Å². The topological polar surface area (TPSA) is 52.0 Å². The third-order valence-corrected chi connectivity index (χ3v) is 5.50. The number of hydrogen-bond donors (Lipinski definition) is 1. The van der Waals surface area contributed by atoms with E-state index in [1.54, 1.807) is 11.3 Å². The molecule has 0 aliphatic rings. The van der Waals surface area contributed by atoms with Crippen LogP contribution >= 0.6 is 11.3 Å². The Morgan fingerprint density at radius 2 is 1.86 bits per heavy atom. The second-order valence-corrected chi connectivity index (χ2v) is 7.86. The van der Waals surface area contributed by atoms with Gasteiger partial charge in [-0.25, -0.2) is 9.97 Å². The smallest absolute Gasteiger partial charge is 0.187 e. The molecule has 0 amide bonds. The van der Waals surface area contributed by atoms with Crippen LogP contribution in [0.3, 0.4) is 0 Å². The van der Waals surface area contributed by atoms with E-state index in [0.717, 1.165) is 50.3 Å². The van der Waals surface area contributed by atoms with Crippen molar-refractivity contribution in [2.75, 3.05) is 11.9 Å². The fraction of sp³-hybridized carbons (Fsp3) is 0.217. The summed E-state index contributed by atoms with van der Waals surface area (Å²) in [7, 11) is 0. The molecule has 0 aliphatic heterocycles.